The van der Waals surface area contributed by atoms with Gasteiger partial charge in [-0.15, -0.1) is 11.3 Å². The second-order valence-corrected chi connectivity index (χ2v) is 5.60. The fraction of sp³-hybridized carbons (Fsp3) is 0.643. The van der Waals surface area contributed by atoms with Crippen LogP contribution in [0.4, 0.5) is 0 Å². The third-order valence-corrected chi connectivity index (χ3v) is 4.36. The summed E-state index contributed by atoms with van der Waals surface area (Å²) in [6.45, 7) is 2.60. The first kappa shape index (κ1) is 12.8. The minimum Gasteiger partial charge on any atom is -0.367 e. The van der Waals surface area contributed by atoms with Crippen molar-refractivity contribution >= 4 is 17.1 Å². The lowest BCUT2D eigenvalue weighted by molar-refractivity contribution is -0.0289. The monoisotopic (exact) mass is 252 g/mol. The Kier molecular flexibility index (Phi) is 4.35. The van der Waals surface area contributed by atoms with Crippen molar-refractivity contribution < 1.29 is 9.53 Å². The topological polar surface area (TPSA) is 26.3 Å². The van der Waals surface area contributed by atoms with Gasteiger partial charge in [0.15, 0.2) is 0 Å². The Labute approximate surface area is 107 Å². The molecule has 0 saturated heterocycles. The first-order valence-electron chi connectivity index (χ1n) is 6.51. The largest absolute Gasteiger partial charge is 0.367 e. The second-order valence-electron chi connectivity index (χ2n) is 4.65. The van der Waals surface area contributed by atoms with Crippen molar-refractivity contribution in [1.82, 2.24) is 0 Å². The molecule has 0 bridgehead atoms. The number of hydrogen-bond donors (Lipinski definition) is 0. The lowest BCUT2D eigenvalue weighted by atomic mass is 9.88. The predicted octanol–water partition coefficient (Wildman–Crippen LogP) is 4.06. The Morgan fingerprint density at radius 2 is 2.06 bits per heavy atom. The molecule has 94 valence electrons. The Morgan fingerprint density at radius 3 is 2.59 bits per heavy atom. The molecule has 1 aliphatic rings. The number of ketones is 1. The van der Waals surface area contributed by atoms with Crippen molar-refractivity contribution in [2.45, 2.75) is 51.0 Å². The minimum atomic E-state index is -0.532. The minimum absolute atomic E-state index is 0.205. The van der Waals surface area contributed by atoms with E-state index in [-0.39, 0.29) is 5.78 Å². The summed E-state index contributed by atoms with van der Waals surface area (Å²) in [7, 11) is 0. The summed E-state index contributed by atoms with van der Waals surface area (Å²) in [6.07, 6.45) is 6.45. The molecule has 0 atom stereocenters. The summed E-state index contributed by atoms with van der Waals surface area (Å²) >= 11 is 1.53. The van der Waals surface area contributed by atoms with Crippen molar-refractivity contribution in [1.29, 1.82) is 0 Å². The molecule has 3 heteroatoms. The van der Waals surface area contributed by atoms with Crippen molar-refractivity contribution in [3.63, 3.8) is 0 Å². The van der Waals surface area contributed by atoms with E-state index in [0.29, 0.717) is 6.61 Å². The van der Waals surface area contributed by atoms with Gasteiger partial charge >= 0.3 is 0 Å². The molecule has 1 saturated carbocycles. The number of hydrogen-bond acceptors (Lipinski definition) is 3. The highest BCUT2D eigenvalue weighted by Gasteiger charge is 2.40. The lowest BCUT2D eigenvalue weighted by Crippen LogP contribution is -2.41. The van der Waals surface area contributed by atoms with Crippen LogP contribution >= 0.6 is 11.3 Å². The predicted molar refractivity (Wildman–Crippen MR) is 70.7 cm³/mol. The first-order valence-corrected chi connectivity index (χ1v) is 7.39. The van der Waals surface area contributed by atoms with Crippen LogP contribution in [0.1, 0.15) is 55.1 Å². The van der Waals surface area contributed by atoms with Crippen LogP contribution in [0.2, 0.25) is 0 Å². The van der Waals surface area contributed by atoms with Gasteiger partial charge in [0.1, 0.15) is 5.60 Å². The quantitative estimate of drug-likeness (QED) is 0.596. The summed E-state index contributed by atoms with van der Waals surface area (Å²) in [5.41, 5.74) is -0.532. The zero-order valence-electron chi connectivity index (χ0n) is 10.4. The molecular formula is C14H20O2S. The highest BCUT2D eigenvalue weighted by atomic mass is 32.1. The SMILES string of the molecule is CCOC1(C(=O)c2cccs2)CCCCCC1. The molecule has 17 heavy (non-hydrogen) atoms. The van der Waals surface area contributed by atoms with Gasteiger partial charge in [-0.3, -0.25) is 4.79 Å². The van der Waals surface area contributed by atoms with Gasteiger partial charge in [-0.05, 0) is 31.2 Å². The maximum Gasteiger partial charge on any atom is 0.204 e. The highest BCUT2D eigenvalue weighted by Crippen LogP contribution is 2.34. The van der Waals surface area contributed by atoms with E-state index in [9.17, 15) is 4.79 Å². The summed E-state index contributed by atoms with van der Waals surface area (Å²) in [5.74, 6) is 0.205. The number of ether oxygens (including phenoxy) is 1. The maximum atomic E-state index is 12.6. The van der Waals surface area contributed by atoms with E-state index in [1.165, 1.54) is 24.2 Å². The first-order chi connectivity index (χ1) is 8.28. The molecule has 0 aromatic carbocycles. The van der Waals surface area contributed by atoms with Crippen LogP contribution in [0, 0.1) is 0 Å². The van der Waals surface area contributed by atoms with E-state index in [1.807, 2.05) is 24.4 Å². The van der Waals surface area contributed by atoms with Crippen molar-refractivity contribution in [3.8, 4) is 0 Å². The summed E-state index contributed by atoms with van der Waals surface area (Å²) in [4.78, 5) is 13.5. The Hall–Kier alpha value is -0.670. The Balaban J connectivity index is 2.22. The van der Waals surface area contributed by atoms with Gasteiger partial charge in [0, 0.05) is 6.61 Å². The molecular weight excluding hydrogens is 232 g/mol. The van der Waals surface area contributed by atoms with Gasteiger partial charge in [0.05, 0.1) is 4.88 Å². The normalized spacial score (nSPS) is 19.8. The Morgan fingerprint density at radius 1 is 1.35 bits per heavy atom. The standard InChI is InChI=1S/C14H20O2S/c1-2-16-14(9-5-3-4-6-10-14)13(15)12-8-7-11-17-12/h7-8,11H,2-6,9-10H2,1H3. The van der Waals surface area contributed by atoms with E-state index >= 15 is 0 Å². The van der Waals surface area contributed by atoms with Crippen molar-refractivity contribution in [2.24, 2.45) is 0 Å². The molecule has 1 fully saturated rings. The smallest absolute Gasteiger partial charge is 0.204 e. The van der Waals surface area contributed by atoms with Crippen LogP contribution in [0.5, 0.6) is 0 Å². The molecule has 0 amide bonds. The van der Waals surface area contributed by atoms with Gasteiger partial charge < -0.3 is 4.74 Å². The van der Waals surface area contributed by atoms with E-state index in [2.05, 4.69) is 0 Å². The number of carbonyl (C=O) groups is 1. The van der Waals surface area contributed by atoms with Crippen molar-refractivity contribution in [3.05, 3.63) is 22.4 Å². The molecule has 0 unspecified atom stereocenters. The number of Topliss-reactive ketones (excluding diaryl/α,β-unsaturated/α-hetero) is 1. The molecule has 0 radical (unpaired) electrons. The van der Waals surface area contributed by atoms with Gasteiger partial charge in [0.25, 0.3) is 0 Å². The summed E-state index contributed by atoms with van der Waals surface area (Å²) in [6, 6.07) is 3.85. The zero-order chi connectivity index (χ0) is 12.1. The zero-order valence-corrected chi connectivity index (χ0v) is 11.2. The molecule has 1 heterocycles. The number of carbonyl (C=O) groups excluding carboxylic acids is 1. The van der Waals surface area contributed by atoms with Crippen LogP contribution < -0.4 is 0 Å². The molecule has 1 aromatic rings. The van der Waals surface area contributed by atoms with Crippen LogP contribution in [0.3, 0.4) is 0 Å². The van der Waals surface area contributed by atoms with Crippen LogP contribution in [-0.4, -0.2) is 18.0 Å². The van der Waals surface area contributed by atoms with E-state index in [1.54, 1.807) is 0 Å². The average Bonchev–Trinajstić information content (AvgIpc) is 2.76. The lowest BCUT2D eigenvalue weighted by Gasteiger charge is -2.30. The van der Waals surface area contributed by atoms with Gasteiger partial charge in [-0.1, -0.05) is 31.7 Å². The molecule has 0 aliphatic heterocycles. The van der Waals surface area contributed by atoms with E-state index in [0.717, 1.165) is 30.6 Å². The fourth-order valence-electron chi connectivity index (χ4n) is 2.65. The average molecular weight is 252 g/mol. The Bertz CT molecular complexity index is 348. The van der Waals surface area contributed by atoms with Gasteiger partial charge in [-0.2, -0.15) is 0 Å². The molecule has 1 aromatic heterocycles. The molecule has 2 rings (SSSR count). The van der Waals surface area contributed by atoms with Gasteiger partial charge in [-0.25, -0.2) is 0 Å². The number of rotatable bonds is 4. The molecule has 1 aliphatic carbocycles. The van der Waals surface area contributed by atoms with E-state index in [4.69, 9.17) is 4.74 Å². The van der Waals surface area contributed by atoms with Crippen LogP contribution in [-0.2, 0) is 4.74 Å². The van der Waals surface area contributed by atoms with Crippen LogP contribution in [0.15, 0.2) is 17.5 Å². The number of thiophene rings is 1. The van der Waals surface area contributed by atoms with Crippen LogP contribution in [0.25, 0.3) is 0 Å². The summed E-state index contributed by atoms with van der Waals surface area (Å²) in [5, 5.41) is 1.96. The van der Waals surface area contributed by atoms with E-state index < -0.39 is 5.60 Å². The van der Waals surface area contributed by atoms with Gasteiger partial charge in [0.2, 0.25) is 5.78 Å². The third-order valence-electron chi connectivity index (χ3n) is 3.49. The fourth-order valence-corrected chi connectivity index (χ4v) is 3.40. The molecule has 0 N–H and O–H groups in total. The highest BCUT2D eigenvalue weighted by molar-refractivity contribution is 7.12. The summed E-state index contributed by atoms with van der Waals surface area (Å²) < 4.78 is 5.89. The van der Waals surface area contributed by atoms with Crippen molar-refractivity contribution in [2.75, 3.05) is 6.61 Å². The maximum absolute atomic E-state index is 12.6. The molecule has 2 nitrogen and oxygen atoms in total. The third kappa shape index (κ3) is 2.78. The molecule has 0 spiro atoms. The second kappa shape index (κ2) is 5.78.